The molecule has 2 fully saturated rings. The first-order valence-corrected chi connectivity index (χ1v) is 8.81. The quantitative estimate of drug-likeness (QED) is 0.794. The molecule has 6 nitrogen and oxygen atoms in total. The van der Waals surface area contributed by atoms with Gasteiger partial charge in [-0.2, -0.15) is 0 Å². The Kier molecular flexibility index (Phi) is 5.04. The number of ether oxygens (including phenoxy) is 1. The molecule has 2 rings (SSSR count). The number of hydrogen-bond acceptors (Lipinski definition) is 4. The van der Waals surface area contributed by atoms with E-state index in [1.807, 2.05) is 0 Å². The van der Waals surface area contributed by atoms with Crippen LogP contribution in [0.25, 0.3) is 0 Å². The van der Waals surface area contributed by atoms with E-state index in [-0.39, 0.29) is 11.8 Å². The molecule has 1 heterocycles. The summed E-state index contributed by atoms with van der Waals surface area (Å²) in [5, 5.41) is 9.05. The number of carboxylic acids is 1. The van der Waals surface area contributed by atoms with Gasteiger partial charge in [-0.25, -0.2) is 13.1 Å². The first-order chi connectivity index (χ1) is 9.46. The fourth-order valence-corrected chi connectivity index (χ4v) is 4.63. The lowest BCUT2D eigenvalue weighted by Crippen LogP contribution is -2.48. The maximum Gasteiger partial charge on any atom is 0.311 e. The van der Waals surface area contributed by atoms with Crippen LogP contribution < -0.4 is 4.72 Å². The molecule has 0 aromatic carbocycles. The third-order valence-corrected chi connectivity index (χ3v) is 6.40. The number of rotatable bonds is 5. The highest BCUT2D eigenvalue weighted by molar-refractivity contribution is 7.90. The maximum absolute atomic E-state index is 12.3. The van der Waals surface area contributed by atoms with Crippen LogP contribution in [0.5, 0.6) is 0 Å². The molecule has 1 saturated carbocycles. The number of sulfonamides is 1. The third kappa shape index (κ3) is 3.51. The minimum absolute atomic E-state index is 0.0233. The molecule has 1 saturated heterocycles. The highest BCUT2D eigenvalue weighted by Crippen LogP contribution is 2.31. The summed E-state index contributed by atoms with van der Waals surface area (Å²) in [7, 11) is -3.41. The molecule has 1 aliphatic heterocycles. The van der Waals surface area contributed by atoms with Crippen molar-refractivity contribution in [2.24, 2.45) is 5.41 Å². The van der Waals surface area contributed by atoms with Crippen molar-refractivity contribution in [3.8, 4) is 0 Å². The molecule has 7 heteroatoms. The van der Waals surface area contributed by atoms with Gasteiger partial charge >= 0.3 is 5.97 Å². The summed E-state index contributed by atoms with van der Waals surface area (Å²) in [6.07, 6.45) is 5.03. The van der Waals surface area contributed by atoms with Gasteiger partial charge in [-0.3, -0.25) is 4.79 Å². The SMILES string of the molecule is O=C(O)C1(CNS(=O)(=O)C2CCCCC2)CCOCC1. The van der Waals surface area contributed by atoms with E-state index in [0.717, 1.165) is 19.3 Å². The first-order valence-electron chi connectivity index (χ1n) is 7.26. The average molecular weight is 305 g/mol. The molecule has 1 aliphatic carbocycles. The Labute approximate surface area is 119 Å². The smallest absolute Gasteiger partial charge is 0.311 e. The van der Waals surface area contributed by atoms with Gasteiger partial charge in [-0.05, 0) is 25.7 Å². The van der Waals surface area contributed by atoms with E-state index >= 15 is 0 Å². The molecule has 116 valence electrons. The molecule has 0 radical (unpaired) electrons. The molecule has 0 bridgehead atoms. The van der Waals surface area contributed by atoms with Gasteiger partial charge in [-0.15, -0.1) is 0 Å². The number of nitrogens with one attached hydrogen (secondary N) is 1. The van der Waals surface area contributed by atoms with E-state index in [0.29, 0.717) is 38.9 Å². The second kappa shape index (κ2) is 6.41. The van der Waals surface area contributed by atoms with Crippen molar-refractivity contribution < 1.29 is 23.1 Å². The summed E-state index contributed by atoms with van der Waals surface area (Å²) in [4.78, 5) is 11.5. The van der Waals surface area contributed by atoms with E-state index in [1.54, 1.807) is 0 Å². The highest BCUT2D eigenvalue weighted by Gasteiger charge is 2.41. The molecule has 0 spiro atoms. The Balaban J connectivity index is 1.99. The molecule has 0 atom stereocenters. The predicted octanol–water partition coefficient (Wildman–Crippen LogP) is 1.12. The Morgan fingerprint density at radius 2 is 1.80 bits per heavy atom. The Morgan fingerprint density at radius 3 is 2.35 bits per heavy atom. The molecule has 0 unspecified atom stereocenters. The van der Waals surface area contributed by atoms with E-state index in [1.165, 1.54) is 0 Å². The van der Waals surface area contributed by atoms with Crippen LogP contribution in [0.4, 0.5) is 0 Å². The Bertz CT molecular complexity index is 436. The predicted molar refractivity (Wildman–Crippen MR) is 73.9 cm³/mol. The summed E-state index contributed by atoms with van der Waals surface area (Å²) in [6, 6.07) is 0. The summed E-state index contributed by atoms with van der Waals surface area (Å²) in [6.45, 7) is 0.722. The summed E-state index contributed by atoms with van der Waals surface area (Å²) >= 11 is 0. The van der Waals surface area contributed by atoms with Gasteiger partial charge in [0.15, 0.2) is 0 Å². The van der Waals surface area contributed by atoms with Crippen LogP contribution >= 0.6 is 0 Å². The molecule has 0 amide bonds. The van der Waals surface area contributed by atoms with Crippen LogP contribution in [-0.2, 0) is 19.6 Å². The van der Waals surface area contributed by atoms with E-state index < -0.39 is 21.4 Å². The molecule has 2 N–H and O–H groups in total. The normalized spacial score (nSPS) is 24.4. The molecular formula is C13H23NO5S. The Hall–Kier alpha value is -0.660. The number of carbonyl (C=O) groups is 1. The largest absolute Gasteiger partial charge is 0.481 e. The van der Waals surface area contributed by atoms with Gasteiger partial charge in [0.2, 0.25) is 10.0 Å². The van der Waals surface area contributed by atoms with E-state index in [4.69, 9.17) is 4.74 Å². The van der Waals surface area contributed by atoms with Crippen molar-refractivity contribution in [3.05, 3.63) is 0 Å². The van der Waals surface area contributed by atoms with Crippen LogP contribution in [0.3, 0.4) is 0 Å². The molecule has 20 heavy (non-hydrogen) atoms. The van der Waals surface area contributed by atoms with Crippen LogP contribution in [-0.4, -0.2) is 44.5 Å². The lowest BCUT2D eigenvalue weighted by Gasteiger charge is -2.33. The van der Waals surface area contributed by atoms with E-state index in [9.17, 15) is 18.3 Å². The molecular weight excluding hydrogens is 282 g/mol. The van der Waals surface area contributed by atoms with Crippen molar-refractivity contribution in [2.45, 2.75) is 50.2 Å². The Morgan fingerprint density at radius 1 is 1.20 bits per heavy atom. The zero-order valence-corrected chi connectivity index (χ0v) is 12.5. The standard InChI is InChI=1S/C13H23NO5S/c15-12(16)13(6-8-19-9-7-13)10-14-20(17,18)11-4-2-1-3-5-11/h11,14H,1-10H2,(H,15,16). The van der Waals surface area contributed by atoms with Crippen molar-refractivity contribution in [2.75, 3.05) is 19.8 Å². The average Bonchev–Trinajstić information content (AvgIpc) is 2.47. The fourth-order valence-electron chi connectivity index (χ4n) is 2.96. The van der Waals surface area contributed by atoms with Crippen LogP contribution in [0, 0.1) is 5.41 Å². The van der Waals surface area contributed by atoms with Crippen LogP contribution in [0.2, 0.25) is 0 Å². The zero-order chi connectivity index (χ0) is 14.6. The van der Waals surface area contributed by atoms with Crippen molar-refractivity contribution in [1.29, 1.82) is 0 Å². The first kappa shape index (κ1) is 15.7. The second-order valence-corrected chi connectivity index (χ2v) is 7.87. The summed E-state index contributed by atoms with van der Waals surface area (Å²) in [5.41, 5.74) is -1.01. The van der Waals surface area contributed by atoms with Gasteiger partial charge in [0, 0.05) is 19.8 Å². The van der Waals surface area contributed by atoms with Crippen LogP contribution in [0.15, 0.2) is 0 Å². The van der Waals surface area contributed by atoms with Crippen molar-refractivity contribution in [1.82, 2.24) is 4.72 Å². The van der Waals surface area contributed by atoms with Gasteiger partial charge in [0.1, 0.15) is 0 Å². The topological polar surface area (TPSA) is 92.7 Å². The minimum Gasteiger partial charge on any atom is -0.481 e. The molecule has 0 aromatic rings. The summed E-state index contributed by atoms with van der Waals surface area (Å²) < 4.78 is 32.3. The highest BCUT2D eigenvalue weighted by atomic mass is 32.2. The lowest BCUT2D eigenvalue weighted by atomic mass is 9.80. The monoisotopic (exact) mass is 305 g/mol. The van der Waals surface area contributed by atoms with Crippen molar-refractivity contribution in [3.63, 3.8) is 0 Å². The molecule has 2 aliphatic rings. The van der Waals surface area contributed by atoms with Gasteiger partial charge in [-0.1, -0.05) is 19.3 Å². The van der Waals surface area contributed by atoms with Gasteiger partial charge < -0.3 is 9.84 Å². The summed E-state index contributed by atoms with van der Waals surface area (Å²) in [5.74, 6) is -0.938. The van der Waals surface area contributed by atoms with E-state index in [2.05, 4.69) is 4.72 Å². The number of aliphatic carboxylic acids is 1. The maximum atomic E-state index is 12.3. The second-order valence-electron chi connectivity index (χ2n) is 5.82. The van der Waals surface area contributed by atoms with Crippen LogP contribution in [0.1, 0.15) is 44.9 Å². The zero-order valence-electron chi connectivity index (χ0n) is 11.6. The number of carboxylic acid groups (broad SMARTS) is 1. The molecule has 0 aromatic heterocycles. The minimum atomic E-state index is -3.41. The number of hydrogen-bond donors (Lipinski definition) is 2. The lowest BCUT2D eigenvalue weighted by molar-refractivity contribution is -0.154. The van der Waals surface area contributed by atoms with Gasteiger partial charge in [0.25, 0.3) is 0 Å². The third-order valence-electron chi connectivity index (χ3n) is 4.51. The van der Waals surface area contributed by atoms with Crippen molar-refractivity contribution >= 4 is 16.0 Å². The van der Waals surface area contributed by atoms with Gasteiger partial charge in [0.05, 0.1) is 10.7 Å². The fraction of sp³-hybridized carbons (Fsp3) is 0.923.